The first-order valence-electron chi connectivity index (χ1n) is 5.01. The number of carbonyl (C=O) groups excluding carboxylic acids is 1. The van der Waals surface area contributed by atoms with Crippen LogP contribution in [0.5, 0.6) is 5.75 Å². The molecule has 16 heavy (non-hydrogen) atoms. The number of benzene rings is 1. The summed E-state index contributed by atoms with van der Waals surface area (Å²) in [6, 6.07) is 7.14. The predicted octanol–water partition coefficient (Wildman–Crippen LogP) is 1.60. The van der Waals surface area contributed by atoms with Crippen LogP contribution in [0.15, 0.2) is 18.2 Å². The van der Waals surface area contributed by atoms with E-state index in [1.807, 2.05) is 6.07 Å². The normalized spacial score (nSPS) is 17.9. The van der Waals surface area contributed by atoms with Gasteiger partial charge in [-0.25, -0.2) is 0 Å². The summed E-state index contributed by atoms with van der Waals surface area (Å²) in [5.41, 5.74) is 1.27. The molecule has 4 heteroatoms. The summed E-state index contributed by atoms with van der Waals surface area (Å²) in [5.74, 6) is 0.0716. The van der Waals surface area contributed by atoms with Gasteiger partial charge in [0.25, 0.3) is 0 Å². The summed E-state index contributed by atoms with van der Waals surface area (Å²) in [6.45, 7) is 0.499. The highest BCUT2D eigenvalue weighted by atomic mass is 16.5. The summed E-state index contributed by atoms with van der Waals surface area (Å²) in [7, 11) is 1.37. The third-order valence-electron chi connectivity index (χ3n) is 2.66. The molecule has 0 radical (unpaired) electrons. The lowest BCUT2D eigenvalue weighted by atomic mass is 9.92. The average Bonchev–Trinajstić information content (AvgIpc) is 2.36. The number of nitriles is 1. The van der Waals surface area contributed by atoms with Crippen molar-refractivity contribution < 1.29 is 14.3 Å². The zero-order chi connectivity index (χ0) is 11.5. The third kappa shape index (κ3) is 1.72. The lowest BCUT2D eigenvalue weighted by Crippen LogP contribution is -2.22. The molecule has 1 aromatic rings. The fourth-order valence-corrected chi connectivity index (χ4v) is 1.85. The second-order valence-electron chi connectivity index (χ2n) is 3.58. The molecule has 0 saturated carbocycles. The summed E-state index contributed by atoms with van der Waals surface area (Å²) in [6.07, 6.45) is 0.592. The highest BCUT2D eigenvalue weighted by Crippen LogP contribution is 2.34. The van der Waals surface area contributed by atoms with Crippen molar-refractivity contribution in [3.8, 4) is 11.8 Å². The molecule has 1 aliphatic heterocycles. The summed E-state index contributed by atoms with van der Waals surface area (Å²) in [5, 5.41) is 8.81. The molecule has 82 valence electrons. The number of nitrogens with zero attached hydrogens (tertiary/aromatic N) is 1. The van der Waals surface area contributed by atoms with Gasteiger partial charge in [-0.3, -0.25) is 4.79 Å². The van der Waals surface area contributed by atoms with Gasteiger partial charge in [-0.2, -0.15) is 5.26 Å². The zero-order valence-electron chi connectivity index (χ0n) is 8.90. The van der Waals surface area contributed by atoms with Gasteiger partial charge in [0.05, 0.1) is 31.3 Å². The van der Waals surface area contributed by atoms with E-state index in [9.17, 15) is 4.79 Å². The van der Waals surface area contributed by atoms with E-state index in [-0.39, 0.29) is 11.9 Å². The maximum absolute atomic E-state index is 11.6. The summed E-state index contributed by atoms with van der Waals surface area (Å²) < 4.78 is 10.2. The smallest absolute Gasteiger partial charge is 0.313 e. The van der Waals surface area contributed by atoms with E-state index in [4.69, 9.17) is 14.7 Å². The number of hydrogen-bond donors (Lipinski definition) is 0. The zero-order valence-corrected chi connectivity index (χ0v) is 8.90. The monoisotopic (exact) mass is 217 g/mol. The lowest BCUT2D eigenvalue weighted by molar-refractivity contribution is -0.143. The van der Waals surface area contributed by atoms with Gasteiger partial charge in [-0.15, -0.1) is 0 Å². The van der Waals surface area contributed by atoms with Gasteiger partial charge in [-0.05, 0) is 24.6 Å². The SMILES string of the molecule is COC(=O)[C@H]1CCOc2ccc(C#N)cc21. The second kappa shape index (κ2) is 4.23. The molecule has 0 spiro atoms. The largest absolute Gasteiger partial charge is 0.493 e. The number of hydrogen-bond acceptors (Lipinski definition) is 4. The molecular weight excluding hydrogens is 206 g/mol. The van der Waals surface area contributed by atoms with Crippen LogP contribution in [0.1, 0.15) is 23.5 Å². The Bertz CT molecular complexity index is 462. The van der Waals surface area contributed by atoms with Gasteiger partial charge in [-0.1, -0.05) is 0 Å². The number of carbonyl (C=O) groups is 1. The van der Waals surface area contributed by atoms with Crippen LogP contribution in [-0.2, 0) is 9.53 Å². The highest BCUT2D eigenvalue weighted by Gasteiger charge is 2.28. The van der Waals surface area contributed by atoms with Crippen molar-refractivity contribution in [2.75, 3.05) is 13.7 Å². The Balaban J connectivity index is 2.44. The van der Waals surface area contributed by atoms with E-state index in [1.54, 1.807) is 18.2 Å². The standard InChI is InChI=1S/C12H11NO3/c1-15-12(14)9-4-5-16-11-3-2-8(7-13)6-10(9)11/h2-3,6,9H,4-5H2,1H3/t9-/m0/s1. The molecule has 1 atom stereocenters. The Hall–Kier alpha value is -2.02. The molecule has 0 aliphatic carbocycles. The number of ether oxygens (including phenoxy) is 2. The van der Waals surface area contributed by atoms with Gasteiger partial charge in [0.15, 0.2) is 0 Å². The van der Waals surface area contributed by atoms with Crippen LogP contribution in [0.2, 0.25) is 0 Å². The first-order valence-corrected chi connectivity index (χ1v) is 5.01. The number of fused-ring (bicyclic) bond motifs is 1. The molecule has 0 bridgehead atoms. The van der Waals surface area contributed by atoms with E-state index >= 15 is 0 Å². The van der Waals surface area contributed by atoms with Crippen molar-refractivity contribution >= 4 is 5.97 Å². The van der Waals surface area contributed by atoms with Crippen molar-refractivity contribution in [1.29, 1.82) is 5.26 Å². The molecule has 0 N–H and O–H groups in total. The summed E-state index contributed by atoms with van der Waals surface area (Å²) in [4.78, 5) is 11.6. The van der Waals surface area contributed by atoms with Crippen molar-refractivity contribution in [3.05, 3.63) is 29.3 Å². The Morgan fingerprint density at radius 2 is 2.44 bits per heavy atom. The second-order valence-corrected chi connectivity index (χ2v) is 3.58. The van der Waals surface area contributed by atoms with Gasteiger partial charge < -0.3 is 9.47 Å². The number of esters is 1. The molecule has 4 nitrogen and oxygen atoms in total. The third-order valence-corrected chi connectivity index (χ3v) is 2.66. The van der Waals surface area contributed by atoms with Crippen LogP contribution in [-0.4, -0.2) is 19.7 Å². The quantitative estimate of drug-likeness (QED) is 0.670. The molecule has 1 aliphatic rings. The topological polar surface area (TPSA) is 59.3 Å². The molecule has 0 amide bonds. The van der Waals surface area contributed by atoms with Crippen molar-refractivity contribution in [3.63, 3.8) is 0 Å². The Morgan fingerprint density at radius 1 is 1.62 bits per heavy atom. The van der Waals surface area contributed by atoms with E-state index in [1.165, 1.54) is 7.11 Å². The van der Waals surface area contributed by atoms with E-state index in [2.05, 4.69) is 0 Å². The fraction of sp³-hybridized carbons (Fsp3) is 0.333. The first kappa shape index (κ1) is 10.5. The van der Waals surface area contributed by atoms with E-state index in [0.29, 0.717) is 24.3 Å². The van der Waals surface area contributed by atoms with Gasteiger partial charge in [0, 0.05) is 5.56 Å². The fourth-order valence-electron chi connectivity index (χ4n) is 1.85. The summed E-state index contributed by atoms with van der Waals surface area (Å²) >= 11 is 0. The predicted molar refractivity (Wildman–Crippen MR) is 56.0 cm³/mol. The Morgan fingerprint density at radius 3 is 3.12 bits per heavy atom. The maximum atomic E-state index is 11.6. The lowest BCUT2D eigenvalue weighted by Gasteiger charge is -2.24. The van der Waals surface area contributed by atoms with Crippen LogP contribution in [0.3, 0.4) is 0 Å². The van der Waals surface area contributed by atoms with Crippen LogP contribution in [0.25, 0.3) is 0 Å². The Labute approximate surface area is 93.4 Å². The maximum Gasteiger partial charge on any atom is 0.313 e. The first-order chi connectivity index (χ1) is 7.76. The van der Waals surface area contributed by atoms with Gasteiger partial charge in [0.1, 0.15) is 5.75 Å². The van der Waals surface area contributed by atoms with Crippen LogP contribution >= 0.6 is 0 Å². The van der Waals surface area contributed by atoms with Gasteiger partial charge in [0.2, 0.25) is 0 Å². The van der Waals surface area contributed by atoms with Crippen molar-refractivity contribution in [2.24, 2.45) is 0 Å². The molecular formula is C12H11NO3. The Kier molecular flexibility index (Phi) is 2.78. The minimum atomic E-state index is -0.318. The molecule has 2 rings (SSSR count). The van der Waals surface area contributed by atoms with Crippen molar-refractivity contribution in [1.82, 2.24) is 0 Å². The minimum absolute atomic E-state index is 0.278. The van der Waals surface area contributed by atoms with Crippen LogP contribution in [0.4, 0.5) is 0 Å². The van der Waals surface area contributed by atoms with Gasteiger partial charge >= 0.3 is 5.97 Å². The van der Waals surface area contributed by atoms with Crippen LogP contribution in [0, 0.1) is 11.3 Å². The number of methoxy groups -OCH3 is 1. The molecule has 1 aromatic carbocycles. The minimum Gasteiger partial charge on any atom is -0.493 e. The molecule has 0 unspecified atom stereocenters. The average molecular weight is 217 g/mol. The number of rotatable bonds is 1. The molecule has 0 aromatic heterocycles. The highest BCUT2D eigenvalue weighted by molar-refractivity contribution is 5.79. The molecule has 0 saturated heterocycles. The molecule has 1 heterocycles. The van der Waals surface area contributed by atoms with Crippen molar-refractivity contribution in [2.45, 2.75) is 12.3 Å². The van der Waals surface area contributed by atoms with E-state index < -0.39 is 0 Å². The molecule has 0 fully saturated rings. The van der Waals surface area contributed by atoms with E-state index in [0.717, 1.165) is 5.56 Å². The van der Waals surface area contributed by atoms with Crippen LogP contribution < -0.4 is 4.74 Å².